The molecule has 0 aromatic heterocycles. The van der Waals surface area contributed by atoms with E-state index in [9.17, 15) is 8.42 Å². The van der Waals surface area contributed by atoms with Gasteiger partial charge in [-0.1, -0.05) is 12.1 Å². The van der Waals surface area contributed by atoms with Gasteiger partial charge < -0.3 is 0 Å². The summed E-state index contributed by atoms with van der Waals surface area (Å²) in [4.78, 5) is -0.0305. The van der Waals surface area contributed by atoms with Crippen molar-refractivity contribution in [3.05, 3.63) is 29.8 Å². The first kappa shape index (κ1) is 12.0. The van der Waals surface area contributed by atoms with E-state index in [1.54, 1.807) is 12.1 Å². The molecule has 0 radical (unpaired) electrons. The predicted octanol–water partition coefficient (Wildman–Crippen LogP) is 2.23. The molecule has 0 saturated carbocycles. The lowest BCUT2D eigenvalue weighted by Crippen LogP contribution is -2.03. The Morgan fingerprint density at radius 1 is 1.31 bits per heavy atom. The van der Waals surface area contributed by atoms with Gasteiger partial charge in [-0.15, -0.1) is 0 Å². The smallest absolute Gasteiger partial charge is 0.282 e. The number of thioether (sulfide) groups is 1. The van der Waals surface area contributed by atoms with Gasteiger partial charge in [0.2, 0.25) is 0 Å². The maximum Gasteiger partial charge on any atom is 0.294 e. The third-order valence-electron chi connectivity index (χ3n) is 2.77. The van der Waals surface area contributed by atoms with Crippen molar-refractivity contribution in [3.8, 4) is 0 Å². The average Bonchev–Trinajstić information content (AvgIpc) is 2.70. The molecule has 1 heterocycles. The molecule has 0 bridgehead atoms. The largest absolute Gasteiger partial charge is 0.294 e. The minimum Gasteiger partial charge on any atom is -0.282 e. The molecule has 1 saturated heterocycles. The third-order valence-corrected chi connectivity index (χ3v) is 4.87. The Morgan fingerprint density at radius 2 is 2.00 bits per heavy atom. The summed E-state index contributed by atoms with van der Waals surface area (Å²) in [7, 11) is -4.05. The fourth-order valence-electron chi connectivity index (χ4n) is 1.88. The van der Waals surface area contributed by atoms with Crippen LogP contribution in [-0.4, -0.2) is 24.5 Å². The van der Waals surface area contributed by atoms with Crippen molar-refractivity contribution in [2.45, 2.75) is 17.7 Å². The van der Waals surface area contributed by atoms with Gasteiger partial charge in [0.15, 0.2) is 0 Å². The predicted molar refractivity (Wildman–Crippen MR) is 65.4 cm³/mol. The summed E-state index contributed by atoms with van der Waals surface area (Å²) >= 11 is 1.97. The Morgan fingerprint density at radius 3 is 2.50 bits per heavy atom. The van der Waals surface area contributed by atoms with Gasteiger partial charge in [-0.3, -0.25) is 4.55 Å². The van der Waals surface area contributed by atoms with Crippen molar-refractivity contribution < 1.29 is 13.0 Å². The summed E-state index contributed by atoms with van der Waals surface area (Å²) in [5, 5.41) is 0. The summed E-state index contributed by atoms with van der Waals surface area (Å²) in [5.74, 6) is 3.13. The molecule has 1 aliphatic rings. The van der Waals surface area contributed by atoms with Crippen LogP contribution < -0.4 is 0 Å². The van der Waals surface area contributed by atoms with Crippen molar-refractivity contribution >= 4 is 21.9 Å². The van der Waals surface area contributed by atoms with E-state index < -0.39 is 10.1 Å². The van der Waals surface area contributed by atoms with Crippen molar-refractivity contribution in [1.29, 1.82) is 0 Å². The molecule has 3 nitrogen and oxygen atoms in total. The van der Waals surface area contributed by atoms with E-state index in [0.717, 1.165) is 12.0 Å². The second kappa shape index (κ2) is 4.77. The molecule has 1 unspecified atom stereocenters. The van der Waals surface area contributed by atoms with E-state index in [1.807, 2.05) is 11.8 Å². The zero-order valence-electron chi connectivity index (χ0n) is 8.80. The van der Waals surface area contributed by atoms with E-state index in [0.29, 0.717) is 5.92 Å². The lowest BCUT2D eigenvalue weighted by atomic mass is 9.99. The van der Waals surface area contributed by atoms with Crippen LogP contribution in [0.4, 0.5) is 0 Å². The maximum atomic E-state index is 10.8. The summed E-state index contributed by atoms with van der Waals surface area (Å²) in [6.07, 6.45) is 2.24. The van der Waals surface area contributed by atoms with Crippen LogP contribution in [0.5, 0.6) is 0 Å². The molecule has 16 heavy (non-hydrogen) atoms. The average molecular weight is 258 g/mol. The molecule has 1 aliphatic heterocycles. The third kappa shape index (κ3) is 2.99. The lowest BCUT2D eigenvalue weighted by molar-refractivity contribution is 0.483. The first-order valence-corrected chi connectivity index (χ1v) is 7.79. The molecule has 0 aliphatic carbocycles. The van der Waals surface area contributed by atoms with Crippen LogP contribution >= 0.6 is 11.8 Å². The van der Waals surface area contributed by atoms with Gasteiger partial charge in [0.05, 0.1) is 4.90 Å². The van der Waals surface area contributed by atoms with Gasteiger partial charge in [-0.25, -0.2) is 0 Å². The number of hydrogen-bond acceptors (Lipinski definition) is 3. The Hall–Kier alpha value is -0.520. The normalized spacial score (nSPS) is 21.2. The number of benzene rings is 1. The summed E-state index contributed by atoms with van der Waals surface area (Å²) in [6, 6.07) is 6.50. The van der Waals surface area contributed by atoms with E-state index in [-0.39, 0.29) is 4.90 Å². The first-order chi connectivity index (χ1) is 7.55. The SMILES string of the molecule is O=S(=O)(O)c1ccc(CC2CCSC2)cc1. The Bertz CT molecular complexity index is 445. The molecular formula is C11H14O3S2. The van der Waals surface area contributed by atoms with Crippen LogP contribution in [0.2, 0.25) is 0 Å². The highest BCUT2D eigenvalue weighted by molar-refractivity contribution is 7.99. The van der Waals surface area contributed by atoms with Gasteiger partial charge in [0.1, 0.15) is 0 Å². The maximum absolute atomic E-state index is 10.8. The first-order valence-electron chi connectivity index (χ1n) is 5.20. The monoisotopic (exact) mass is 258 g/mol. The molecule has 0 spiro atoms. The fourth-order valence-corrected chi connectivity index (χ4v) is 3.64. The number of hydrogen-bond donors (Lipinski definition) is 1. The molecule has 1 N–H and O–H groups in total. The number of rotatable bonds is 3. The molecule has 5 heteroatoms. The van der Waals surface area contributed by atoms with Crippen molar-refractivity contribution in [2.75, 3.05) is 11.5 Å². The van der Waals surface area contributed by atoms with E-state index in [2.05, 4.69) is 0 Å². The van der Waals surface area contributed by atoms with Crippen LogP contribution in [-0.2, 0) is 16.5 Å². The topological polar surface area (TPSA) is 54.4 Å². The molecule has 1 aromatic carbocycles. The highest BCUT2D eigenvalue weighted by Gasteiger charge is 2.16. The zero-order valence-corrected chi connectivity index (χ0v) is 10.4. The minimum absolute atomic E-state index is 0.0305. The Labute approximate surface area is 100 Å². The quantitative estimate of drug-likeness (QED) is 0.845. The molecule has 1 fully saturated rings. The van der Waals surface area contributed by atoms with Crippen LogP contribution in [0.1, 0.15) is 12.0 Å². The van der Waals surface area contributed by atoms with E-state index >= 15 is 0 Å². The van der Waals surface area contributed by atoms with Crippen molar-refractivity contribution in [2.24, 2.45) is 5.92 Å². The molecule has 2 rings (SSSR count). The minimum atomic E-state index is -4.05. The summed E-state index contributed by atoms with van der Waals surface area (Å²) in [6.45, 7) is 0. The van der Waals surface area contributed by atoms with E-state index in [4.69, 9.17) is 4.55 Å². The second-order valence-corrected chi connectivity index (χ2v) is 6.62. The van der Waals surface area contributed by atoms with Gasteiger partial charge in [-0.2, -0.15) is 20.2 Å². The Balaban J connectivity index is 2.07. The Kier molecular flexibility index (Phi) is 3.56. The van der Waals surface area contributed by atoms with Crippen LogP contribution in [0.3, 0.4) is 0 Å². The van der Waals surface area contributed by atoms with Crippen molar-refractivity contribution in [3.63, 3.8) is 0 Å². The molecule has 88 valence electrons. The van der Waals surface area contributed by atoms with Gasteiger partial charge in [-0.05, 0) is 48.0 Å². The van der Waals surface area contributed by atoms with Crippen LogP contribution in [0, 0.1) is 5.92 Å². The summed E-state index contributed by atoms with van der Waals surface area (Å²) in [5.41, 5.74) is 1.14. The van der Waals surface area contributed by atoms with Gasteiger partial charge in [0.25, 0.3) is 10.1 Å². The van der Waals surface area contributed by atoms with Crippen molar-refractivity contribution in [1.82, 2.24) is 0 Å². The van der Waals surface area contributed by atoms with Crippen LogP contribution in [0.15, 0.2) is 29.2 Å². The fraction of sp³-hybridized carbons (Fsp3) is 0.455. The molecular weight excluding hydrogens is 244 g/mol. The second-order valence-electron chi connectivity index (χ2n) is 4.05. The van der Waals surface area contributed by atoms with E-state index in [1.165, 1.54) is 30.1 Å². The van der Waals surface area contributed by atoms with Gasteiger partial charge >= 0.3 is 0 Å². The zero-order chi connectivity index (χ0) is 11.6. The van der Waals surface area contributed by atoms with Crippen LogP contribution in [0.25, 0.3) is 0 Å². The summed E-state index contributed by atoms with van der Waals surface area (Å²) < 4.78 is 30.5. The highest BCUT2D eigenvalue weighted by atomic mass is 32.2. The molecule has 1 aromatic rings. The molecule has 1 atom stereocenters. The molecule has 0 amide bonds. The standard InChI is InChI=1S/C11H14O3S2/c12-16(13,14)11-3-1-9(2-4-11)7-10-5-6-15-8-10/h1-4,10H,5-8H2,(H,12,13,14). The van der Waals surface area contributed by atoms with Gasteiger partial charge in [0, 0.05) is 0 Å². The highest BCUT2D eigenvalue weighted by Crippen LogP contribution is 2.26. The lowest BCUT2D eigenvalue weighted by Gasteiger charge is -2.08.